The second kappa shape index (κ2) is 7.70. The molecule has 4 heteroatoms. The predicted molar refractivity (Wildman–Crippen MR) is 87.6 cm³/mol. The molecular formula is C17H19ClN2O. The van der Waals surface area contributed by atoms with Gasteiger partial charge in [0.1, 0.15) is 0 Å². The predicted octanol–water partition coefficient (Wildman–Crippen LogP) is 3.77. The van der Waals surface area contributed by atoms with Crippen LogP contribution in [0.5, 0.6) is 0 Å². The van der Waals surface area contributed by atoms with Crippen molar-refractivity contribution in [3.05, 3.63) is 64.7 Å². The van der Waals surface area contributed by atoms with Crippen LogP contribution in [0.3, 0.4) is 0 Å². The number of aryl methyl sites for hydroxylation is 1. The Labute approximate surface area is 130 Å². The van der Waals surface area contributed by atoms with Gasteiger partial charge < -0.3 is 10.6 Å². The number of halogens is 1. The molecule has 3 nitrogen and oxygen atoms in total. The molecule has 0 atom stereocenters. The van der Waals surface area contributed by atoms with Gasteiger partial charge in [-0.25, -0.2) is 0 Å². The molecule has 0 aliphatic rings. The van der Waals surface area contributed by atoms with Crippen LogP contribution < -0.4 is 10.6 Å². The molecule has 0 aliphatic heterocycles. The highest BCUT2D eigenvalue weighted by Gasteiger charge is 2.03. The van der Waals surface area contributed by atoms with Crippen molar-refractivity contribution >= 4 is 23.2 Å². The van der Waals surface area contributed by atoms with E-state index < -0.39 is 0 Å². The lowest BCUT2D eigenvalue weighted by molar-refractivity contribution is -0.121. The molecule has 0 heterocycles. The molecule has 21 heavy (non-hydrogen) atoms. The molecule has 0 spiro atoms. The van der Waals surface area contributed by atoms with Crippen molar-refractivity contribution < 1.29 is 4.79 Å². The van der Waals surface area contributed by atoms with Crippen LogP contribution in [0.15, 0.2) is 48.5 Å². The SMILES string of the molecule is Cc1ccccc1CNC(=O)CCNc1cccc(Cl)c1. The molecule has 0 saturated carbocycles. The highest BCUT2D eigenvalue weighted by molar-refractivity contribution is 6.30. The number of carbonyl (C=O) groups excluding carboxylic acids is 1. The van der Waals surface area contributed by atoms with Crippen molar-refractivity contribution in [2.45, 2.75) is 19.9 Å². The average Bonchev–Trinajstić information content (AvgIpc) is 2.46. The minimum absolute atomic E-state index is 0.0350. The highest BCUT2D eigenvalue weighted by Crippen LogP contribution is 2.14. The first kappa shape index (κ1) is 15.4. The summed E-state index contributed by atoms with van der Waals surface area (Å²) in [4.78, 5) is 11.8. The lowest BCUT2D eigenvalue weighted by Gasteiger charge is -2.09. The fraction of sp³-hybridized carbons (Fsp3) is 0.235. The van der Waals surface area contributed by atoms with E-state index in [1.165, 1.54) is 5.56 Å². The van der Waals surface area contributed by atoms with E-state index >= 15 is 0 Å². The van der Waals surface area contributed by atoms with Crippen LogP contribution in [0.2, 0.25) is 5.02 Å². The van der Waals surface area contributed by atoms with Gasteiger partial charge in [0, 0.05) is 30.2 Å². The van der Waals surface area contributed by atoms with E-state index in [1.807, 2.05) is 55.5 Å². The molecule has 110 valence electrons. The molecule has 2 N–H and O–H groups in total. The number of anilines is 1. The molecule has 0 radical (unpaired) electrons. The fourth-order valence-corrected chi connectivity index (χ4v) is 2.20. The zero-order valence-corrected chi connectivity index (χ0v) is 12.8. The maximum atomic E-state index is 11.8. The Morgan fingerprint density at radius 2 is 1.95 bits per heavy atom. The Balaban J connectivity index is 1.72. The van der Waals surface area contributed by atoms with Crippen LogP contribution in [-0.2, 0) is 11.3 Å². The second-order valence-corrected chi connectivity index (χ2v) is 5.33. The van der Waals surface area contributed by atoms with Crippen LogP contribution in [-0.4, -0.2) is 12.5 Å². The number of carbonyl (C=O) groups is 1. The third-order valence-corrected chi connectivity index (χ3v) is 3.48. The van der Waals surface area contributed by atoms with Crippen LogP contribution in [0.4, 0.5) is 5.69 Å². The van der Waals surface area contributed by atoms with Gasteiger partial charge in [-0.2, -0.15) is 0 Å². The van der Waals surface area contributed by atoms with Gasteiger partial charge in [0.25, 0.3) is 0 Å². The quantitative estimate of drug-likeness (QED) is 0.853. The average molecular weight is 303 g/mol. The minimum Gasteiger partial charge on any atom is -0.384 e. The van der Waals surface area contributed by atoms with E-state index in [4.69, 9.17) is 11.6 Å². The Kier molecular flexibility index (Phi) is 5.64. The topological polar surface area (TPSA) is 41.1 Å². The number of amides is 1. The molecule has 2 rings (SSSR count). The van der Waals surface area contributed by atoms with Crippen LogP contribution >= 0.6 is 11.6 Å². The first-order chi connectivity index (χ1) is 10.1. The number of benzene rings is 2. The van der Waals surface area contributed by atoms with E-state index in [9.17, 15) is 4.79 Å². The Hall–Kier alpha value is -2.00. The Morgan fingerprint density at radius 1 is 1.14 bits per heavy atom. The van der Waals surface area contributed by atoms with Gasteiger partial charge in [0.15, 0.2) is 0 Å². The van der Waals surface area contributed by atoms with Gasteiger partial charge in [-0.3, -0.25) is 4.79 Å². The summed E-state index contributed by atoms with van der Waals surface area (Å²) in [6.45, 7) is 3.20. The second-order valence-electron chi connectivity index (χ2n) is 4.89. The molecule has 0 saturated heterocycles. The molecule has 1 amide bonds. The fourth-order valence-electron chi connectivity index (χ4n) is 2.01. The van der Waals surface area contributed by atoms with Gasteiger partial charge in [-0.15, -0.1) is 0 Å². The number of hydrogen-bond acceptors (Lipinski definition) is 2. The monoisotopic (exact) mass is 302 g/mol. The molecule has 2 aromatic carbocycles. The number of hydrogen-bond donors (Lipinski definition) is 2. The summed E-state index contributed by atoms with van der Waals surface area (Å²) in [6, 6.07) is 15.5. The molecule has 0 bridgehead atoms. The van der Waals surface area contributed by atoms with E-state index in [0.717, 1.165) is 11.3 Å². The minimum atomic E-state index is 0.0350. The zero-order valence-electron chi connectivity index (χ0n) is 12.0. The van der Waals surface area contributed by atoms with Crippen LogP contribution in [0, 0.1) is 6.92 Å². The molecule has 0 unspecified atom stereocenters. The lowest BCUT2D eigenvalue weighted by Crippen LogP contribution is -2.25. The van der Waals surface area contributed by atoms with Gasteiger partial charge >= 0.3 is 0 Å². The van der Waals surface area contributed by atoms with Crippen molar-refractivity contribution in [3.63, 3.8) is 0 Å². The first-order valence-corrected chi connectivity index (χ1v) is 7.33. The van der Waals surface area contributed by atoms with Crippen molar-refractivity contribution in [1.29, 1.82) is 0 Å². The summed E-state index contributed by atoms with van der Waals surface area (Å²) in [5, 5.41) is 6.80. The maximum absolute atomic E-state index is 11.8. The van der Waals surface area contributed by atoms with Crippen molar-refractivity contribution in [2.75, 3.05) is 11.9 Å². The molecular weight excluding hydrogens is 284 g/mol. The summed E-state index contributed by atoms with van der Waals surface area (Å²) >= 11 is 5.90. The largest absolute Gasteiger partial charge is 0.384 e. The van der Waals surface area contributed by atoms with Crippen LogP contribution in [0.1, 0.15) is 17.5 Å². The van der Waals surface area contributed by atoms with Gasteiger partial charge in [0.2, 0.25) is 5.91 Å². The number of nitrogens with one attached hydrogen (secondary N) is 2. The van der Waals surface area contributed by atoms with E-state index in [-0.39, 0.29) is 5.91 Å². The van der Waals surface area contributed by atoms with Crippen molar-refractivity contribution in [3.8, 4) is 0 Å². The number of rotatable bonds is 6. The summed E-state index contributed by atoms with van der Waals surface area (Å²) < 4.78 is 0. The highest BCUT2D eigenvalue weighted by atomic mass is 35.5. The summed E-state index contributed by atoms with van der Waals surface area (Å²) in [5.41, 5.74) is 3.26. The normalized spacial score (nSPS) is 10.2. The van der Waals surface area contributed by atoms with Crippen molar-refractivity contribution in [1.82, 2.24) is 5.32 Å². The van der Waals surface area contributed by atoms with Crippen molar-refractivity contribution in [2.24, 2.45) is 0 Å². The molecule has 0 aliphatic carbocycles. The Morgan fingerprint density at radius 3 is 2.71 bits per heavy atom. The van der Waals surface area contributed by atoms with Gasteiger partial charge in [-0.05, 0) is 36.2 Å². The summed E-state index contributed by atoms with van der Waals surface area (Å²) in [7, 11) is 0. The van der Waals surface area contributed by atoms with E-state index in [1.54, 1.807) is 0 Å². The molecule has 0 fully saturated rings. The third kappa shape index (κ3) is 5.12. The van der Waals surface area contributed by atoms with Gasteiger partial charge in [0.05, 0.1) is 0 Å². The maximum Gasteiger partial charge on any atom is 0.222 e. The molecule has 2 aromatic rings. The molecule has 0 aromatic heterocycles. The van der Waals surface area contributed by atoms with E-state index in [2.05, 4.69) is 10.6 Å². The first-order valence-electron chi connectivity index (χ1n) is 6.96. The van der Waals surface area contributed by atoms with E-state index in [0.29, 0.717) is 24.5 Å². The Bertz CT molecular complexity index is 613. The summed E-state index contributed by atoms with van der Waals surface area (Å²) in [5.74, 6) is 0.0350. The zero-order chi connectivity index (χ0) is 15.1. The summed E-state index contributed by atoms with van der Waals surface area (Å²) in [6.07, 6.45) is 0.429. The standard InChI is InChI=1S/C17H19ClN2O/c1-13-5-2-3-6-14(13)12-20-17(21)9-10-19-16-8-4-7-15(18)11-16/h2-8,11,19H,9-10,12H2,1H3,(H,20,21). The smallest absolute Gasteiger partial charge is 0.222 e. The lowest BCUT2D eigenvalue weighted by atomic mass is 10.1. The van der Waals surface area contributed by atoms with Gasteiger partial charge in [-0.1, -0.05) is 41.9 Å². The van der Waals surface area contributed by atoms with Crippen LogP contribution in [0.25, 0.3) is 0 Å². The third-order valence-electron chi connectivity index (χ3n) is 3.24.